The number of hydrogen-bond donors (Lipinski definition) is 1. The Hall–Kier alpha value is -1.88. The Kier molecular flexibility index (Phi) is 3.21. The minimum Gasteiger partial charge on any atom is -0.375 e. The zero-order valence-corrected chi connectivity index (χ0v) is 11.3. The van der Waals surface area contributed by atoms with E-state index in [2.05, 4.69) is 4.98 Å². The van der Waals surface area contributed by atoms with E-state index >= 15 is 0 Å². The van der Waals surface area contributed by atoms with Crippen molar-refractivity contribution in [2.24, 2.45) is 0 Å². The molecule has 1 aliphatic rings. The van der Waals surface area contributed by atoms with Crippen molar-refractivity contribution < 1.29 is 4.79 Å². The second kappa shape index (κ2) is 5.01. The van der Waals surface area contributed by atoms with Crippen LogP contribution in [-0.2, 0) is 24.2 Å². The maximum atomic E-state index is 12.3. The molecule has 4 nitrogen and oxygen atoms in total. The van der Waals surface area contributed by atoms with Crippen molar-refractivity contribution in [1.82, 2.24) is 9.88 Å². The number of nitrogens with zero attached hydrogens (tertiary/aromatic N) is 2. The van der Waals surface area contributed by atoms with Crippen LogP contribution in [0.3, 0.4) is 0 Å². The fourth-order valence-corrected chi connectivity index (χ4v) is 3.20. The summed E-state index contributed by atoms with van der Waals surface area (Å²) in [6.45, 7) is 1.39. The lowest BCUT2D eigenvalue weighted by molar-refractivity contribution is -0.131. The van der Waals surface area contributed by atoms with Gasteiger partial charge in [0.25, 0.3) is 0 Å². The molecular weight excluding hydrogens is 258 g/mol. The zero-order chi connectivity index (χ0) is 13.2. The van der Waals surface area contributed by atoms with E-state index in [-0.39, 0.29) is 5.91 Å². The molecule has 0 unspecified atom stereocenters. The highest BCUT2D eigenvalue weighted by atomic mass is 32.1. The number of nitrogen functional groups attached to an aromatic ring is 1. The van der Waals surface area contributed by atoms with Crippen LogP contribution in [0.1, 0.15) is 16.1 Å². The molecule has 1 amide bonds. The molecule has 98 valence electrons. The molecule has 0 radical (unpaired) electrons. The van der Waals surface area contributed by atoms with Crippen molar-refractivity contribution >= 4 is 22.4 Å². The molecule has 0 saturated heterocycles. The number of fused-ring (bicyclic) bond motifs is 1. The molecule has 0 saturated carbocycles. The van der Waals surface area contributed by atoms with E-state index in [1.165, 1.54) is 11.3 Å². The first-order chi connectivity index (χ1) is 9.22. The number of carbonyl (C=O) groups is 1. The van der Waals surface area contributed by atoms with E-state index < -0.39 is 0 Å². The highest BCUT2D eigenvalue weighted by Crippen LogP contribution is 2.26. The third-order valence-corrected chi connectivity index (χ3v) is 4.21. The lowest BCUT2D eigenvalue weighted by Crippen LogP contribution is -2.36. The number of nitrogens with two attached hydrogens (primary N) is 1. The molecule has 0 fully saturated rings. The average Bonchev–Trinajstić information content (AvgIpc) is 2.78. The standard InChI is InChI=1S/C14H15N3OS/c15-14-16-11-6-7-17(9-12(11)19-14)13(18)8-10-4-2-1-3-5-10/h1-5H,6-9H2,(H2,15,16). The maximum absolute atomic E-state index is 12.3. The number of amides is 1. The summed E-state index contributed by atoms with van der Waals surface area (Å²) in [5.74, 6) is 0.170. The van der Waals surface area contributed by atoms with E-state index in [0.717, 1.165) is 29.1 Å². The molecule has 1 aromatic carbocycles. The number of anilines is 1. The largest absolute Gasteiger partial charge is 0.375 e. The van der Waals surface area contributed by atoms with Crippen LogP contribution in [0.2, 0.25) is 0 Å². The van der Waals surface area contributed by atoms with E-state index in [0.29, 0.717) is 18.1 Å². The molecule has 0 atom stereocenters. The van der Waals surface area contributed by atoms with Gasteiger partial charge in [0.2, 0.25) is 5.91 Å². The van der Waals surface area contributed by atoms with Gasteiger partial charge in [-0.15, -0.1) is 11.3 Å². The van der Waals surface area contributed by atoms with Crippen molar-refractivity contribution in [3.05, 3.63) is 46.5 Å². The molecule has 2 N–H and O–H groups in total. The number of benzene rings is 1. The number of rotatable bonds is 2. The molecule has 0 aliphatic carbocycles. The average molecular weight is 273 g/mol. The van der Waals surface area contributed by atoms with Crippen LogP contribution in [0.25, 0.3) is 0 Å². The highest BCUT2D eigenvalue weighted by molar-refractivity contribution is 7.15. The summed E-state index contributed by atoms with van der Waals surface area (Å²) in [7, 11) is 0. The Bertz CT molecular complexity index is 594. The predicted octanol–water partition coefficient (Wildman–Crippen LogP) is 1.85. The summed E-state index contributed by atoms with van der Waals surface area (Å²) in [6.07, 6.45) is 1.27. The Balaban J connectivity index is 1.69. The van der Waals surface area contributed by atoms with Crippen molar-refractivity contribution in [3.8, 4) is 0 Å². The van der Waals surface area contributed by atoms with Crippen molar-refractivity contribution in [2.45, 2.75) is 19.4 Å². The van der Waals surface area contributed by atoms with Crippen molar-refractivity contribution in [3.63, 3.8) is 0 Å². The second-order valence-corrected chi connectivity index (χ2v) is 5.76. The highest BCUT2D eigenvalue weighted by Gasteiger charge is 2.23. The van der Waals surface area contributed by atoms with Crippen LogP contribution in [-0.4, -0.2) is 22.3 Å². The molecule has 2 heterocycles. The monoisotopic (exact) mass is 273 g/mol. The van der Waals surface area contributed by atoms with Crippen LogP contribution >= 0.6 is 11.3 Å². The third-order valence-electron chi connectivity index (χ3n) is 3.30. The number of hydrogen-bond acceptors (Lipinski definition) is 4. The Labute approximate surface area is 115 Å². The molecule has 0 spiro atoms. The van der Waals surface area contributed by atoms with Crippen LogP contribution in [0.4, 0.5) is 5.13 Å². The third kappa shape index (κ3) is 2.61. The SMILES string of the molecule is Nc1nc2c(s1)CN(C(=O)Cc1ccccc1)CC2. The number of carbonyl (C=O) groups excluding carboxylic acids is 1. The van der Waals surface area contributed by atoms with Gasteiger partial charge < -0.3 is 10.6 Å². The normalized spacial score (nSPS) is 14.2. The summed E-state index contributed by atoms with van der Waals surface area (Å²) in [4.78, 5) is 19.6. The Morgan fingerprint density at radius 1 is 1.37 bits per heavy atom. The molecule has 1 aliphatic heterocycles. The summed E-state index contributed by atoms with van der Waals surface area (Å²) in [5.41, 5.74) is 7.83. The molecule has 19 heavy (non-hydrogen) atoms. The van der Waals surface area contributed by atoms with E-state index in [1.54, 1.807) is 0 Å². The first-order valence-corrected chi connectivity index (χ1v) is 7.10. The van der Waals surface area contributed by atoms with Crippen molar-refractivity contribution in [1.29, 1.82) is 0 Å². The zero-order valence-electron chi connectivity index (χ0n) is 10.5. The van der Waals surface area contributed by atoms with Gasteiger partial charge in [0.05, 0.1) is 18.7 Å². The number of thiazole rings is 1. The molecule has 0 bridgehead atoms. The fraction of sp³-hybridized carbons (Fsp3) is 0.286. The molecule has 5 heteroatoms. The van der Waals surface area contributed by atoms with Crippen LogP contribution in [0.15, 0.2) is 30.3 Å². The smallest absolute Gasteiger partial charge is 0.227 e. The minimum absolute atomic E-state index is 0.170. The van der Waals surface area contributed by atoms with Gasteiger partial charge in [0.15, 0.2) is 5.13 Å². The maximum Gasteiger partial charge on any atom is 0.227 e. The van der Waals surface area contributed by atoms with Gasteiger partial charge >= 0.3 is 0 Å². The first kappa shape index (κ1) is 12.2. The van der Waals surface area contributed by atoms with Gasteiger partial charge in [-0.1, -0.05) is 30.3 Å². The lowest BCUT2D eigenvalue weighted by Gasteiger charge is -2.26. The molecule has 1 aromatic heterocycles. The predicted molar refractivity (Wildman–Crippen MR) is 75.8 cm³/mol. The van der Waals surface area contributed by atoms with E-state index in [1.807, 2.05) is 35.2 Å². The van der Waals surface area contributed by atoms with Crippen LogP contribution in [0.5, 0.6) is 0 Å². The summed E-state index contributed by atoms with van der Waals surface area (Å²) in [5, 5.41) is 0.599. The molecule has 2 aromatic rings. The summed E-state index contributed by atoms with van der Waals surface area (Å²) < 4.78 is 0. The van der Waals surface area contributed by atoms with Gasteiger partial charge in [-0.05, 0) is 5.56 Å². The Morgan fingerprint density at radius 3 is 2.95 bits per heavy atom. The van der Waals surface area contributed by atoms with Gasteiger partial charge in [-0.3, -0.25) is 4.79 Å². The summed E-state index contributed by atoms with van der Waals surface area (Å²) >= 11 is 1.49. The molecule has 3 rings (SSSR count). The van der Waals surface area contributed by atoms with Crippen molar-refractivity contribution in [2.75, 3.05) is 12.3 Å². The second-order valence-electron chi connectivity index (χ2n) is 4.65. The van der Waals surface area contributed by atoms with Gasteiger partial charge in [-0.25, -0.2) is 4.98 Å². The molecular formula is C14H15N3OS. The van der Waals surface area contributed by atoms with Gasteiger partial charge in [0, 0.05) is 17.8 Å². The van der Waals surface area contributed by atoms with Crippen LogP contribution in [0, 0.1) is 0 Å². The topological polar surface area (TPSA) is 59.2 Å². The summed E-state index contributed by atoms with van der Waals surface area (Å²) in [6, 6.07) is 9.85. The van der Waals surface area contributed by atoms with Gasteiger partial charge in [-0.2, -0.15) is 0 Å². The van der Waals surface area contributed by atoms with Crippen LogP contribution < -0.4 is 5.73 Å². The van der Waals surface area contributed by atoms with E-state index in [4.69, 9.17) is 5.73 Å². The Morgan fingerprint density at radius 2 is 2.16 bits per heavy atom. The van der Waals surface area contributed by atoms with E-state index in [9.17, 15) is 4.79 Å². The van der Waals surface area contributed by atoms with Gasteiger partial charge in [0.1, 0.15) is 0 Å². The fourth-order valence-electron chi connectivity index (χ4n) is 2.31. The lowest BCUT2D eigenvalue weighted by atomic mass is 10.1. The number of aromatic nitrogens is 1. The minimum atomic E-state index is 0.170. The quantitative estimate of drug-likeness (QED) is 0.908. The first-order valence-electron chi connectivity index (χ1n) is 6.28.